The number of anilines is 1. The Labute approximate surface area is 235 Å². The van der Waals surface area contributed by atoms with E-state index in [9.17, 15) is 19.5 Å². The number of aryl methyl sites for hydroxylation is 2. The van der Waals surface area contributed by atoms with Gasteiger partial charge in [-0.3, -0.25) is 14.5 Å². The first-order chi connectivity index (χ1) is 19.2. The third-order valence-corrected chi connectivity index (χ3v) is 7.49. The molecule has 40 heavy (non-hydrogen) atoms. The first-order valence-electron chi connectivity index (χ1n) is 12.1. The summed E-state index contributed by atoms with van der Waals surface area (Å²) in [6, 6.07) is 8.82. The summed E-state index contributed by atoms with van der Waals surface area (Å²) in [6.45, 7) is 7.29. The van der Waals surface area contributed by atoms with Crippen molar-refractivity contribution in [3.05, 3.63) is 81.9 Å². The molecule has 2 heterocycles. The Balaban J connectivity index is 1.94. The zero-order valence-corrected chi connectivity index (χ0v) is 23.5. The van der Waals surface area contributed by atoms with Crippen molar-refractivity contribution in [3.63, 3.8) is 0 Å². The molecule has 0 aliphatic carbocycles. The number of carbonyl (C=O) groups is 3. The zero-order valence-electron chi connectivity index (χ0n) is 22.6. The van der Waals surface area contributed by atoms with Crippen molar-refractivity contribution >= 4 is 39.9 Å². The molecule has 1 aromatic heterocycles. The lowest BCUT2D eigenvalue weighted by Gasteiger charge is -2.24. The van der Waals surface area contributed by atoms with Gasteiger partial charge in [0.05, 0.1) is 38.6 Å². The van der Waals surface area contributed by atoms with E-state index in [2.05, 4.69) is 11.6 Å². The van der Waals surface area contributed by atoms with Gasteiger partial charge in [-0.25, -0.2) is 9.78 Å². The summed E-state index contributed by atoms with van der Waals surface area (Å²) >= 11 is 0.916. The molecular weight excluding hydrogens is 536 g/mol. The Bertz CT molecular complexity index is 1540. The molecule has 1 unspecified atom stereocenters. The summed E-state index contributed by atoms with van der Waals surface area (Å²) in [5.74, 6) is -1.45. The van der Waals surface area contributed by atoms with Crippen LogP contribution in [0.4, 0.5) is 5.13 Å². The Morgan fingerprint density at radius 1 is 1.10 bits per heavy atom. The Hall–Kier alpha value is -4.64. The molecule has 3 aromatic rings. The molecule has 0 spiro atoms. The van der Waals surface area contributed by atoms with Crippen LogP contribution in [-0.4, -0.2) is 55.7 Å². The number of methoxy groups -OCH3 is 3. The van der Waals surface area contributed by atoms with Gasteiger partial charge >= 0.3 is 11.9 Å². The Morgan fingerprint density at radius 3 is 2.45 bits per heavy atom. The molecule has 11 heteroatoms. The molecule has 1 saturated heterocycles. The lowest BCUT2D eigenvalue weighted by atomic mass is 9.93. The maximum absolute atomic E-state index is 13.6. The van der Waals surface area contributed by atoms with Crippen molar-refractivity contribution in [2.45, 2.75) is 19.9 Å². The monoisotopic (exact) mass is 564 g/mol. The highest BCUT2D eigenvalue weighted by molar-refractivity contribution is 7.17. The molecule has 1 N–H and O–H groups in total. The largest absolute Gasteiger partial charge is 0.507 e. The fraction of sp³-hybridized carbons (Fsp3) is 0.241. The number of esters is 1. The number of amides is 1. The highest BCUT2D eigenvalue weighted by atomic mass is 32.1. The Morgan fingerprint density at radius 2 is 1.82 bits per heavy atom. The number of benzene rings is 2. The number of Topliss-reactive ketones (excluding diaryl/α,β-unsaturated/α-hetero) is 1. The molecule has 0 radical (unpaired) electrons. The quantitative estimate of drug-likeness (QED) is 0.129. The number of aliphatic hydroxyl groups excluding tert-OH is 1. The molecule has 2 aromatic carbocycles. The van der Waals surface area contributed by atoms with E-state index in [4.69, 9.17) is 18.9 Å². The Kier molecular flexibility index (Phi) is 8.24. The van der Waals surface area contributed by atoms with Crippen LogP contribution in [-0.2, 0) is 14.3 Å². The summed E-state index contributed by atoms with van der Waals surface area (Å²) in [5.41, 5.74) is 1.61. The number of ether oxygens (including phenoxy) is 4. The minimum Gasteiger partial charge on any atom is -0.507 e. The van der Waals surface area contributed by atoms with Gasteiger partial charge in [-0.15, -0.1) is 0 Å². The topological polar surface area (TPSA) is 124 Å². The lowest BCUT2D eigenvalue weighted by Crippen LogP contribution is -2.29. The first-order valence-corrected chi connectivity index (χ1v) is 12.9. The summed E-state index contributed by atoms with van der Waals surface area (Å²) in [4.78, 5) is 45.1. The third-order valence-electron chi connectivity index (χ3n) is 6.35. The van der Waals surface area contributed by atoms with Crippen LogP contribution in [0, 0.1) is 13.8 Å². The van der Waals surface area contributed by atoms with Crippen LogP contribution < -0.4 is 19.1 Å². The molecule has 208 valence electrons. The number of hydrogen-bond acceptors (Lipinski definition) is 10. The van der Waals surface area contributed by atoms with Crippen molar-refractivity contribution in [3.8, 4) is 17.2 Å². The predicted octanol–water partition coefficient (Wildman–Crippen LogP) is 4.75. The molecule has 1 fully saturated rings. The van der Waals surface area contributed by atoms with E-state index >= 15 is 0 Å². The zero-order chi connectivity index (χ0) is 29.1. The number of ketones is 1. The van der Waals surface area contributed by atoms with Crippen molar-refractivity contribution in [2.75, 3.05) is 32.8 Å². The van der Waals surface area contributed by atoms with Crippen LogP contribution in [0.1, 0.15) is 38.1 Å². The van der Waals surface area contributed by atoms with E-state index in [1.165, 1.54) is 26.2 Å². The highest BCUT2D eigenvalue weighted by Crippen LogP contribution is 2.46. The van der Waals surface area contributed by atoms with Gasteiger partial charge in [0.2, 0.25) is 0 Å². The summed E-state index contributed by atoms with van der Waals surface area (Å²) < 4.78 is 21.2. The molecule has 4 rings (SSSR count). The lowest BCUT2D eigenvalue weighted by molar-refractivity contribution is -0.132. The molecule has 1 aliphatic heterocycles. The maximum Gasteiger partial charge on any atom is 0.350 e. The molecule has 1 aliphatic rings. The van der Waals surface area contributed by atoms with E-state index in [-0.39, 0.29) is 21.3 Å². The van der Waals surface area contributed by atoms with Crippen LogP contribution in [0.3, 0.4) is 0 Å². The summed E-state index contributed by atoms with van der Waals surface area (Å²) in [7, 11) is 4.19. The van der Waals surface area contributed by atoms with Crippen LogP contribution >= 0.6 is 11.3 Å². The smallest absolute Gasteiger partial charge is 0.350 e. The van der Waals surface area contributed by atoms with Crippen LogP contribution in [0.2, 0.25) is 0 Å². The van der Waals surface area contributed by atoms with E-state index in [1.54, 1.807) is 56.3 Å². The number of nitrogens with zero attached hydrogens (tertiary/aromatic N) is 2. The average Bonchev–Trinajstić information content (AvgIpc) is 3.46. The van der Waals surface area contributed by atoms with E-state index < -0.39 is 23.7 Å². The normalized spacial score (nSPS) is 16.1. The average molecular weight is 565 g/mol. The van der Waals surface area contributed by atoms with Gasteiger partial charge in [-0.1, -0.05) is 30.1 Å². The third kappa shape index (κ3) is 5.03. The molecule has 0 saturated carbocycles. The molecule has 1 atom stereocenters. The predicted molar refractivity (Wildman–Crippen MR) is 149 cm³/mol. The second-order valence-electron chi connectivity index (χ2n) is 8.76. The highest BCUT2D eigenvalue weighted by Gasteiger charge is 2.48. The number of aliphatic hydroxyl groups is 1. The second-order valence-corrected chi connectivity index (χ2v) is 9.74. The fourth-order valence-electron chi connectivity index (χ4n) is 4.43. The van der Waals surface area contributed by atoms with Gasteiger partial charge in [-0.05, 0) is 55.3 Å². The van der Waals surface area contributed by atoms with E-state index in [0.717, 1.165) is 11.3 Å². The van der Waals surface area contributed by atoms with Gasteiger partial charge in [0.15, 0.2) is 16.6 Å². The molecule has 1 amide bonds. The van der Waals surface area contributed by atoms with Crippen molar-refractivity contribution in [2.24, 2.45) is 0 Å². The number of rotatable bonds is 9. The number of thiazole rings is 1. The van der Waals surface area contributed by atoms with E-state index in [0.29, 0.717) is 46.2 Å². The van der Waals surface area contributed by atoms with Crippen LogP contribution in [0.5, 0.6) is 17.2 Å². The second kappa shape index (κ2) is 11.6. The van der Waals surface area contributed by atoms with Crippen LogP contribution in [0.15, 0.2) is 54.6 Å². The van der Waals surface area contributed by atoms with Gasteiger partial charge in [0.1, 0.15) is 23.0 Å². The number of hydrogen-bond donors (Lipinski definition) is 1. The van der Waals surface area contributed by atoms with Gasteiger partial charge < -0.3 is 24.1 Å². The molecular formula is C29H28N2O8S. The van der Waals surface area contributed by atoms with E-state index in [1.807, 2.05) is 0 Å². The van der Waals surface area contributed by atoms with Crippen molar-refractivity contribution in [1.82, 2.24) is 4.98 Å². The van der Waals surface area contributed by atoms with Crippen molar-refractivity contribution < 1.29 is 38.4 Å². The molecule has 0 bridgehead atoms. The van der Waals surface area contributed by atoms with Crippen molar-refractivity contribution in [1.29, 1.82) is 0 Å². The number of carbonyl (C=O) groups excluding carboxylic acids is 3. The van der Waals surface area contributed by atoms with Crippen LogP contribution in [0.25, 0.3) is 5.76 Å². The number of aromatic nitrogens is 1. The standard InChI is InChI=1S/C29H28N2O8S/c1-7-12-39-18-9-10-19(15(2)13-18)24(32)22-23(17-8-11-20(36-4)21(14-17)37-5)31(27(34)25(22)33)29-30-16(3)26(40-29)28(35)38-6/h7-11,13-14,23,32H,1,12H2,2-6H3. The minimum atomic E-state index is -1.09. The summed E-state index contributed by atoms with van der Waals surface area (Å²) in [5, 5.41) is 11.6. The minimum absolute atomic E-state index is 0.101. The fourth-order valence-corrected chi connectivity index (χ4v) is 5.44. The van der Waals surface area contributed by atoms with Gasteiger partial charge in [0.25, 0.3) is 5.78 Å². The van der Waals surface area contributed by atoms with Gasteiger partial charge in [-0.2, -0.15) is 0 Å². The van der Waals surface area contributed by atoms with Gasteiger partial charge in [0, 0.05) is 5.56 Å². The maximum atomic E-state index is 13.6. The molecule has 10 nitrogen and oxygen atoms in total. The SMILES string of the molecule is C=CCOc1ccc(C(O)=C2C(=O)C(=O)N(c3nc(C)c(C(=O)OC)s3)C2c2ccc(OC)c(OC)c2)c(C)c1. The first kappa shape index (κ1) is 28.4. The summed E-state index contributed by atoms with van der Waals surface area (Å²) in [6.07, 6.45) is 1.61.